The zero-order valence-corrected chi connectivity index (χ0v) is 17.8. The van der Waals surface area contributed by atoms with Crippen molar-refractivity contribution in [2.45, 2.75) is 45.8 Å². The molecule has 1 aliphatic rings. The molecular formula is C24H30N2O4. The van der Waals surface area contributed by atoms with Crippen LogP contribution in [0.25, 0.3) is 0 Å². The van der Waals surface area contributed by atoms with Crippen molar-refractivity contribution in [3.8, 4) is 5.75 Å². The maximum atomic E-state index is 13.0. The van der Waals surface area contributed by atoms with Gasteiger partial charge < -0.3 is 20.4 Å². The van der Waals surface area contributed by atoms with E-state index in [0.717, 1.165) is 12.0 Å². The lowest BCUT2D eigenvalue weighted by atomic mass is 9.93. The zero-order valence-electron chi connectivity index (χ0n) is 17.8. The second kappa shape index (κ2) is 8.88. The summed E-state index contributed by atoms with van der Waals surface area (Å²) in [5.41, 5.74) is 1.70. The summed E-state index contributed by atoms with van der Waals surface area (Å²) in [5, 5.41) is 23.7. The molecule has 0 aromatic heterocycles. The van der Waals surface area contributed by atoms with Gasteiger partial charge in [0.2, 0.25) is 0 Å². The molecule has 2 amide bonds. The Hall–Kier alpha value is -2.86. The van der Waals surface area contributed by atoms with Crippen LogP contribution in [-0.4, -0.2) is 52.2 Å². The molecule has 0 radical (unpaired) electrons. The predicted molar refractivity (Wildman–Crippen MR) is 115 cm³/mol. The van der Waals surface area contributed by atoms with E-state index in [-0.39, 0.29) is 17.1 Å². The van der Waals surface area contributed by atoms with Gasteiger partial charge in [-0.2, -0.15) is 0 Å². The van der Waals surface area contributed by atoms with Crippen molar-refractivity contribution >= 4 is 11.8 Å². The Balaban J connectivity index is 1.82. The first-order valence-electron chi connectivity index (χ1n) is 10.3. The Bertz CT molecular complexity index is 911. The molecule has 2 aromatic carbocycles. The van der Waals surface area contributed by atoms with Crippen LogP contribution in [0.15, 0.2) is 48.5 Å². The number of carbonyl (C=O) groups excluding carboxylic acids is 2. The van der Waals surface area contributed by atoms with Gasteiger partial charge in [-0.15, -0.1) is 0 Å². The highest BCUT2D eigenvalue weighted by molar-refractivity contribution is 5.97. The molecule has 2 atom stereocenters. The number of rotatable bonds is 6. The minimum absolute atomic E-state index is 0.0201. The van der Waals surface area contributed by atoms with Crippen LogP contribution in [-0.2, 0) is 11.2 Å². The van der Waals surface area contributed by atoms with Crippen molar-refractivity contribution in [1.82, 2.24) is 10.2 Å². The van der Waals surface area contributed by atoms with Gasteiger partial charge in [-0.25, -0.2) is 0 Å². The molecule has 160 valence electrons. The van der Waals surface area contributed by atoms with Gasteiger partial charge in [0, 0.05) is 24.2 Å². The van der Waals surface area contributed by atoms with Crippen molar-refractivity contribution < 1.29 is 19.8 Å². The van der Waals surface area contributed by atoms with E-state index in [1.54, 1.807) is 24.0 Å². The van der Waals surface area contributed by atoms with E-state index >= 15 is 0 Å². The maximum absolute atomic E-state index is 13.0. The topological polar surface area (TPSA) is 89.9 Å². The van der Waals surface area contributed by atoms with Gasteiger partial charge in [0.15, 0.2) is 6.10 Å². The van der Waals surface area contributed by atoms with Gasteiger partial charge >= 0.3 is 0 Å². The van der Waals surface area contributed by atoms with Gasteiger partial charge in [-0.1, -0.05) is 50.2 Å². The number of nitrogens with one attached hydrogen (secondary N) is 1. The molecule has 0 bridgehead atoms. The lowest BCUT2D eigenvalue weighted by Gasteiger charge is -2.28. The van der Waals surface area contributed by atoms with Crippen LogP contribution in [0.4, 0.5) is 0 Å². The number of aromatic hydroxyl groups is 1. The Morgan fingerprint density at radius 2 is 1.83 bits per heavy atom. The lowest BCUT2D eigenvalue weighted by Crippen LogP contribution is -2.52. The van der Waals surface area contributed by atoms with E-state index in [1.807, 2.05) is 30.3 Å². The summed E-state index contributed by atoms with van der Waals surface area (Å²) in [6, 6.07) is 13.4. The van der Waals surface area contributed by atoms with E-state index in [9.17, 15) is 19.8 Å². The number of aliphatic hydroxyl groups excluding tert-OH is 1. The first-order chi connectivity index (χ1) is 14.2. The lowest BCUT2D eigenvalue weighted by molar-refractivity contribution is -0.140. The minimum atomic E-state index is -1.36. The van der Waals surface area contributed by atoms with Crippen LogP contribution in [0.5, 0.6) is 5.75 Å². The summed E-state index contributed by atoms with van der Waals surface area (Å²) >= 11 is 0. The third kappa shape index (κ3) is 5.00. The molecule has 3 rings (SSSR count). The molecule has 1 aliphatic heterocycles. The Morgan fingerprint density at radius 3 is 2.47 bits per heavy atom. The highest BCUT2D eigenvalue weighted by Gasteiger charge is 2.37. The molecule has 0 spiro atoms. The smallest absolute Gasteiger partial charge is 0.253 e. The summed E-state index contributed by atoms with van der Waals surface area (Å²) in [5.74, 6) is -0.773. The van der Waals surface area contributed by atoms with Gasteiger partial charge in [0.05, 0.1) is 6.04 Å². The van der Waals surface area contributed by atoms with Gasteiger partial charge in [0.25, 0.3) is 11.8 Å². The molecule has 6 nitrogen and oxygen atoms in total. The van der Waals surface area contributed by atoms with Crippen LogP contribution in [0.2, 0.25) is 0 Å². The molecule has 1 heterocycles. The SMILES string of the molecule is Cc1c(O)cccc1C(=O)NC(Cc1ccccc1)C(O)C(=O)N1CCC(C)(C)C1. The Labute approximate surface area is 177 Å². The van der Waals surface area contributed by atoms with E-state index < -0.39 is 18.1 Å². The monoisotopic (exact) mass is 410 g/mol. The number of phenolic OH excluding ortho intramolecular Hbond substituents is 1. The Kier molecular flexibility index (Phi) is 6.46. The second-order valence-electron chi connectivity index (χ2n) is 8.84. The van der Waals surface area contributed by atoms with Crippen molar-refractivity contribution in [2.75, 3.05) is 13.1 Å². The number of hydrogen-bond acceptors (Lipinski definition) is 4. The van der Waals surface area contributed by atoms with E-state index in [1.165, 1.54) is 6.07 Å². The van der Waals surface area contributed by atoms with Crippen molar-refractivity contribution in [2.24, 2.45) is 5.41 Å². The molecular weight excluding hydrogens is 380 g/mol. The standard InChI is InChI=1S/C24H30N2O4/c1-16-18(10-7-11-20(16)27)22(29)25-19(14-17-8-5-4-6-9-17)21(28)23(30)26-13-12-24(2,3)15-26/h4-11,19,21,27-28H,12-15H2,1-3H3,(H,25,29). The molecule has 0 saturated carbocycles. The van der Waals surface area contributed by atoms with Crippen molar-refractivity contribution in [3.63, 3.8) is 0 Å². The fraction of sp³-hybridized carbons (Fsp3) is 0.417. The number of aliphatic hydroxyl groups is 1. The number of benzene rings is 2. The largest absolute Gasteiger partial charge is 0.508 e. The molecule has 30 heavy (non-hydrogen) atoms. The van der Waals surface area contributed by atoms with Crippen LogP contribution < -0.4 is 5.32 Å². The van der Waals surface area contributed by atoms with Crippen molar-refractivity contribution in [1.29, 1.82) is 0 Å². The van der Waals surface area contributed by atoms with E-state index in [0.29, 0.717) is 30.6 Å². The number of likely N-dealkylation sites (tertiary alicyclic amines) is 1. The molecule has 0 aliphatic carbocycles. The Morgan fingerprint density at radius 1 is 1.13 bits per heavy atom. The van der Waals surface area contributed by atoms with Gasteiger partial charge in [-0.3, -0.25) is 9.59 Å². The zero-order chi connectivity index (χ0) is 21.9. The number of amides is 2. The van der Waals surface area contributed by atoms with Crippen LogP contribution >= 0.6 is 0 Å². The molecule has 3 N–H and O–H groups in total. The maximum Gasteiger partial charge on any atom is 0.253 e. The molecule has 2 aromatic rings. The third-order valence-electron chi connectivity index (χ3n) is 5.79. The first-order valence-corrected chi connectivity index (χ1v) is 10.3. The van der Waals surface area contributed by atoms with Gasteiger partial charge in [0.1, 0.15) is 5.75 Å². The minimum Gasteiger partial charge on any atom is -0.508 e. The van der Waals surface area contributed by atoms with Crippen LogP contribution in [0.1, 0.15) is 41.8 Å². The third-order valence-corrected chi connectivity index (χ3v) is 5.79. The van der Waals surface area contributed by atoms with E-state index in [2.05, 4.69) is 19.2 Å². The summed E-state index contributed by atoms with van der Waals surface area (Å²) < 4.78 is 0. The normalized spacial score (nSPS) is 17.4. The summed E-state index contributed by atoms with van der Waals surface area (Å²) in [7, 11) is 0. The molecule has 2 unspecified atom stereocenters. The average Bonchev–Trinajstić information content (AvgIpc) is 3.08. The summed E-state index contributed by atoms with van der Waals surface area (Å²) in [6.45, 7) is 7.03. The fourth-order valence-corrected chi connectivity index (χ4v) is 3.88. The first kappa shape index (κ1) is 21.8. The van der Waals surface area contributed by atoms with Gasteiger partial charge in [-0.05, 0) is 42.9 Å². The van der Waals surface area contributed by atoms with E-state index in [4.69, 9.17) is 0 Å². The summed E-state index contributed by atoms with van der Waals surface area (Å²) in [4.78, 5) is 27.6. The van der Waals surface area contributed by atoms with Crippen molar-refractivity contribution in [3.05, 3.63) is 65.2 Å². The highest BCUT2D eigenvalue weighted by atomic mass is 16.3. The molecule has 1 fully saturated rings. The second-order valence-corrected chi connectivity index (χ2v) is 8.84. The number of hydrogen-bond donors (Lipinski definition) is 3. The molecule has 1 saturated heterocycles. The average molecular weight is 411 g/mol. The van der Waals surface area contributed by atoms with Crippen LogP contribution in [0, 0.1) is 12.3 Å². The highest BCUT2D eigenvalue weighted by Crippen LogP contribution is 2.29. The quantitative estimate of drug-likeness (QED) is 0.683. The van der Waals surface area contributed by atoms with Crippen LogP contribution in [0.3, 0.4) is 0 Å². The number of phenols is 1. The number of carbonyl (C=O) groups is 2. The fourth-order valence-electron chi connectivity index (χ4n) is 3.88. The predicted octanol–water partition coefficient (Wildman–Crippen LogP) is 2.66. The molecule has 6 heteroatoms. The summed E-state index contributed by atoms with van der Waals surface area (Å²) in [6.07, 6.45) is -0.168. The number of nitrogens with zero attached hydrogens (tertiary/aromatic N) is 1.